The summed E-state index contributed by atoms with van der Waals surface area (Å²) < 4.78 is 28.4. The summed E-state index contributed by atoms with van der Waals surface area (Å²) in [6, 6.07) is 2.60. The lowest BCUT2D eigenvalue weighted by Crippen LogP contribution is -2.64. The Hall–Kier alpha value is -2.25. The minimum atomic E-state index is -2.97. The van der Waals surface area contributed by atoms with Crippen molar-refractivity contribution in [3.8, 4) is 5.88 Å². The predicted octanol–water partition coefficient (Wildman–Crippen LogP) is 2.15. The SMILES string of the molecule is CC(C)N1C(=O)CN(C(=O)c2ccc(OC(F)F)nc2)CC1(C)C. The molecule has 0 aliphatic carbocycles. The first-order valence-electron chi connectivity index (χ1n) is 7.64. The normalized spacial score (nSPS) is 17.6. The molecule has 1 aliphatic heterocycles. The number of halogens is 2. The summed E-state index contributed by atoms with van der Waals surface area (Å²) in [6.07, 6.45) is 1.17. The van der Waals surface area contributed by atoms with E-state index in [0.717, 1.165) is 0 Å². The van der Waals surface area contributed by atoms with Crippen LogP contribution in [-0.2, 0) is 4.79 Å². The van der Waals surface area contributed by atoms with Gasteiger partial charge in [-0.3, -0.25) is 9.59 Å². The van der Waals surface area contributed by atoms with Crippen molar-refractivity contribution in [2.75, 3.05) is 13.1 Å². The summed E-state index contributed by atoms with van der Waals surface area (Å²) in [6.45, 7) is 5.07. The predicted molar refractivity (Wildman–Crippen MR) is 82.8 cm³/mol. The fraction of sp³-hybridized carbons (Fsp3) is 0.562. The van der Waals surface area contributed by atoms with E-state index in [-0.39, 0.29) is 35.8 Å². The number of pyridine rings is 1. The number of carbonyl (C=O) groups is 2. The first-order chi connectivity index (χ1) is 11.1. The van der Waals surface area contributed by atoms with Crippen LogP contribution in [0.5, 0.6) is 5.88 Å². The van der Waals surface area contributed by atoms with Crippen LogP contribution in [0.3, 0.4) is 0 Å². The fourth-order valence-corrected chi connectivity index (χ4v) is 3.16. The van der Waals surface area contributed by atoms with E-state index in [2.05, 4.69) is 9.72 Å². The zero-order valence-electron chi connectivity index (χ0n) is 14.1. The second-order valence-electron chi connectivity index (χ2n) is 6.59. The maximum atomic E-state index is 12.6. The summed E-state index contributed by atoms with van der Waals surface area (Å²) in [4.78, 5) is 31.9. The van der Waals surface area contributed by atoms with Gasteiger partial charge in [0.1, 0.15) is 6.54 Å². The van der Waals surface area contributed by atoms with Gasteiger partial charge in [-0.25, -0.2) is 4.98 Å². The standard InChI is InChI=1S/C16H21F2N3O3/c1-10(2)21-13(22)8-20(9-16(21,3)4)14(23)11-5-6-12(19-7-11)24-15(17)18/h5-7,10,15H,8-9H2,1-4H3. The summed E-state index contributed by atoms with van der Waals surface area (Å²) >= 11 is 0. The molecule has 1 fully saturated rings. The fourth-order valence-electron chi connectivity index (χ4n) is 3.16. The quantitative estimate of drug-likeness (QED) is 0.842. The van der Waals surface area contributed by atoms with Crippen molar-refractivity contribution in [2.45, 2.75) is 45.9 Å². The molecule has 0 spiro atoms. The molecule has 2 heterocycles. The van der Waals surface area contributed by atoms with Gasteiger partial charge in [0, 0.05) is 24.8 Å². The van der Waals surface area contributed by atoms with E-state index in [1.165, 1.54) is 23.2 Å². The lowest BCUT2D eigenvalue weighted by molar-refractivity contribution is -0.146. The van der Waals surface area contributed by atoms with Crippen LogP contribution in [0.25, 0.3) is 0 Å². The van der Waals surface area contributed by atoms with E-state index in [1.54, 1.807) is 4.90 Å². The lowest BCUT2D eigenvalue weighted by atomic mass is 9.96. The molecule has 6 nitrogen and oxygen atoms in total. The highest BCUT2D eigenvalue weighted by Crippen LogP contribution is 2.25. The maximum Gasteiger partial charge on any atom is 0.388 e. The number of nitrogens with zero attached hydrogens (tertiary/aromatic N) is 3. The molecule has 24 heavy (non-hydrogen) atoms. The van der Waals surface area contributed by atoms with E-state index >= 15 is 0 Å². The highest BCUT2D eigenvalue weighted by atomic mass is 19.3. The first-order valence-corrected chi connectivity index (χ1v) is 7.64. The third-order valence-electron chi connectivity index (χ3n) is 3.82. The van der Waals surface area contributed by atoms with Crippen LogP contribution in [0.2, 0.25) is 0 Å². The highest BCUT2D eigenvalue weighted by molar-refractivity contribution is 5.97. The Bertz CT molecular complexity index is 617. The molecule has 1 saturated heterocycles. The average Bonchev–Trinajstić information content (AvgIpc) is 2.44. The zero-order valence-corrected chi connectivity index (χ0v) is 14.1. The van der Waals surface area contributed by atoms with Crippen LogP contribution < -0.4 is 4.74 Å². The van der Waals surface area contributed by atoms with Gasteiger partial charge in [0.05, 0.1) is 11.1 Å². The Balaban J connectivity index is 2.14. The third-order valence-corrected chi connectivity index (χ3v) is 3.82. The monoisotopic (exact) mass is 341 g/mol. The summed E-state index contributed by atoms with van der Waals surface area (Å²) in [5.41, 5.74) is -0.274. The van der Waals surface area contributed by atoms with Gasteiger partial charge in [-0.15, -0.1) is 0 Å². The van der Waals surface area contributed by atoms with Gasteiger partial charge in [-0.2, -0.15) is 8.78 Å². The molecular formula is C16H21F2N3O3. The molecule has 132 valence electrons. The number of rotatable bonds is 4. The van der Waals surface area contributed by atoms with Crippen molar-refractivity contribution >= 4 is 11.8 Å². The van der Waals surface area contributed by atoms with Crippen LogP contribution >= 0.6 is 0 Å². The van der Waals surface area contributed by atoms with Crippen LogP contribution in [0.15, 0.2) is 18.3 Å². The lowest BCUT2D eigenvalue weighted by Gasteiger charge is -2.48. The smallest absolute Gasteiger partial charge is 0.388 e. The van der Waals surface area contributed by atoms with Gasteiger partial charge in [0.2, 0.25) is 11.8 Å². The minimum absolute atomic E-state index is 0.0181. The second-order valence-corrected chi connectivity index (χ2v) is 6.59. The van der Waals surface area contributed by atoms with E-state index < -0.39 is 12.2 Å². The molecule has 0 saturated carbocycles. The zero-order chi connectivity index (χ0) is 18.1. The molecule has 0 bridgehead atoms. The first kappa shape index (κ1) is 18.1. The van der Waals surface area contributed by atoms with Crippen molar-refractivity contribution < 1.29 is 23.1 Å². The Morgan fingerprint density at radius 3 is 2.46 bits per heavy atom. The van der Waals surface area contributed by atoms with Crippen LogP contribution in [0, 0.1) is 0 Å². The van der Waals surface area contributed by atoms with E-state index in [0.29, 0.717) is 6.54 Å². The highest BCUT2D eigenvalue weighted by Gasteiger charge is 2.41. The molecule has 0 aromatic carbocycles. The second kappa shape index (κ2) is 6.70. The van der Waals surface area contributed by atoms with Gasteiger partial charge < -0.3 is 14.5 Å². The minimum Gasteiger partial charge on any atom is -0.417 e. The molecule has 1 aromatic heterocycles. The average molecular weight is 341 g/mol. The maximum absolute atomic E-state index is 12.6. The number of aromatic nitrogens is 1. The summed E-state index contributed by atoms with van der Waals surface area (Å²) in [5.74, 6) is -0.751. The van der Waals surface area contributed by atoms with Crippen molar-refractivity contribution in [1.29, 1.82) is 0 Å². The van der Waals surface area contributed by atoms with E-state index in [9.17, 15) is 18.4 Å². The molecule has 8 heteroatoms. The third kappa shape index (κ3) is 3.80. The van der Waals surface area contributed by atoms with Crippen molar-refractivity contribution in [3.63, 3.8) is 0 Å². The molecular weight excluding hydrogens is 320 g/mol. The number of hydrogen-bond acceptors (Lipinski definition) is 4. The van der Waals surface area contributed by atoms with Gasteiger partial charge in [-0.1, -0.05) is 0 Å². The van der Waals surface area contributed by atoms with E-state index in [4.69, 9.17) is 0 Å². The summed E-state index contributed by atoms with van der Waals surface area (Å²) in [7, 11) is 0. The van der Waals surface area contributed by atoms with Gasteiger partial charge in [0.15, 0.2) is 0 Å². The van der Waals surface area contributed by atoms with Crippen LogP contribution in [0.4, 0.5) is 8.78 Å². The number of hydrogen-bond donors (Lipinski definition) is 0. The van der Waals surface area contributed by atoms with Crippen LogP contribution in [-0.4, -0.2) is 57.9 Å². The Morgan fingerprint density at radius 1 is 1.33 bits per heavy atom. The molecule has 0 N–H and O–H groups in total. The molecule has 0 atom stereocenters. The Kier molecular flexibility index (Phi) is 5.05. The molecule has 0 unspecified atom stereocenters. The van der Waals surface area contributed by atoms with Crippen molar-refractivity contribution in [2.24, 2.45) is 0 Å². The molecule has 1 aliphatic rings. The molecule has 2 amide bonds. The number of alkyl halides is 2. The largest absolute Gasteiger partial charge is 0.417 e. The number of ether oxygens (including phenoxy) is 1. The van der Waals surface area contributed by atoms with Gasteiger partial charge >= 0.3 is 6.61 Å². The summed E-state index contributed by atoms with van der Waals surface area (Å²) in [5, 5.41) is 0. The molecule has 0 radical (unpaired) electrons. The molecule has 1 aromatic rings. The Morgan fingerprint density at radius 2 is 2.00 bits per heavy atom. The van der Waals surface area contributed by atoms with Gasteiger partial charge in [-0.05, 0) is 33.8 Å². The van der Waals surface area contributed by atoms with Crippen molar-refractivity contribution in [1.82, 2.24) is 14.8 Å². The van der Waals surface area contributed by atoms with Gasteiger partial charge in [0.25, 0.3) is 5.91 Å². The Labute approximate surface area is 139 Å². The van der Waals surface area contributed by atoms with Crippen LogP contribution in [0.1, 0.15) is 38.1 Å². The number of carbonyl (C=O) groups excluding carboxylic acids is 2. The topological polar surface area (TPSA) is 62.7 Å². The number of amides is 2. The van der Waals surface area contributed by atoms with Crippen molar-refractivity contribution in [3.05, 3.63) is 23.9 Å². The van der Waals surface area contributed by atoms with E-state index in [1.807, 2.05) is 27.7 Å². The molecule has 2 rings (SSSR count). The number of piperazine rings is 1.